The number of nitrogens with zero attached hydrogens (tertiary/aromatic N) is 4. The van der Waals surface area contributed by atoms with E-state index in [2.05, 4.69) is 33.0 Å². The normalized spacial score (nSPS) is 20.4. The molecule has 29 heavy (non-hydrogen) atoms. The Bertz CT molecular complexity index is 791. The van der Waals surface area contributed by atoms with Crippen molar-refractivity contribution in [1.82, 2.24) is 10.0 Å². The lowest BCUT2D eigenvalue weighted by Gasteiger charge is -2.36. The zero-order valence-corrected chi connectivity index (χ0v) is 16.9. The molecule has 154 valence electrons. The average molecular weight is 396 g/mol. The fourth-order valence-electron chi connectivity index (χ4n) is 3.93. The van der Waals surface area contributed by atoms with Gasteiger partial charge in [0.1, 0.15) is 17.7 Å². The van der Waals surface area contributed by atoms with E-state index in [4.69, 9.17) is 9.57 Å². The van der Waals surface area contributed by atoms with Gasteiger partial charge in [-0.3, -0.25) is 4.79 Å². The van der Waals surface area contributed by atoms with E-state index >= 15 is 0 Å². The second-order valence-electron chi connectivity index (χ2n) is 7.51. The summed E-state index contributed by atoms with van der Waals surface area (Å²) in [6.45, 7) is 6.67. The van der Waals surface area contributed by atoms with Gasteiger partial charge >= 0.3 is 5.97 Å². The third-order valence-corrected chi connectivity index (χ3v) is 5.36. The summed E-state index contributed by atoms with van der Waals surface area (Å²) in [5.41, 5.74) is 1.21. The highest BCUT2D eigenvalue weighted by atomic mass is 16.7. The maximum atomic E-state index is 11.1. The minimum absolute atomic E-state index is 0.0378. The third-order valence-electron chi connectivity index (χ3n) is 5.36. The Kier molecular flexibility index (Phi) is 6.14. The molecule has 2 aliphatic heterocycles. The summed E-state index contributed by atoms with van der Waals surface area (Å²) >= 11 is 0. The Labute approximate surface area is 171 Å². The predicted octanol–water partition coefficient (Wildman–Crippen LogP) is 2.73. The van der Waals surface area contributed by atoms with E-state index < -0.39 is 0 Å². The van der Waals surface area contributed by atoms with Crippen LogP contribution in [-0.2, 0) is 9.63 Å². The van der Waals surface area contributed by atoms with E-state index in [1.165, 1.54) is 12.6 Å². The number of hydroxylamine groups is 2. The fraction of sp³-hybridized carbons (Fsp3) is 0.455. The minimum atomic E-state index is -0.279. The molecule has 4 rings (SSSR count). The minimum Gasteiger partial charge on any atom is -0.489 e. The van der Waals surface area contributed by atoms with Crippen LogP contribution in [0.5, 0.6) is 5.75 Å². The highest BCUT2D eigenvalue weighted by molar-refractivity contribution is 5.65. The van der Waals surface area contributed by atoms with Crippen molar-refractivity contribution in [2.24, 2.45) is 0 Å². The van der Waals surface area contributed by atoms with E-state index in [1.54, 1.807) is 5.06 Å². The second-order valence-corrected chi connectivity index (χ2v) is 7.51. The number of anilines is 2. The number of aromatic nitrogens is 1. The molecule has 1 unspecified atom stereocenters. The number of carbonyl (C=O) groups is 1. The van der Waals surface area contributed by atoms with E-state index in [-0.39, 0.29) is 12.1 Å². The number of ether oxygens (including phenoxy) is 1. The van der Waals surface area contributed by atoms with Gasteiger partial charge in [0.2, 0.25) is 0 Å². The first kappa shape index (κ1) is 19.5. The smallest absolute Gasteiger partial charge is 0.322 e. The van der Waals surface area contributed by atoms with E-state index in [9.17, 15) is 4.79 Å². The Morgan fingerprint density at radius 1 is 1.00 bits per heavy atom. The van der Waals surface area contributed by atoms with Crippen molar-refractivity contribution in [3.05, 3.63) is 48.7 Å². The molecular weight excluding hydrogens is 368 g/mol. The zero-order valence-electron chi connectivity index (χ0n) is 16.9. The first-order valence-corrected chi connectivity index (χ1v) is 10.3. The lowest BCUT2D eigenvalue weighted by molar-refractivity contribution is -0.198. The third kappa shape index (κ3) is 5.17. The highest BCUT2D eigenvalue weighted by Crippen LogP contribution is 2.24. The van der Waals surface area contributed by atoms with Gasteiger partial charge in [-0.1, -0.05) is 6.07 Å². The highest BCUT2D eigenvalue weighted by Gasteiger charge is 2.23. The van der Waals surface area contributed by atoms with Gasteiger partial charge in [-0.2, -0.15) is 0 Å². The summed E-state index contributed by atoms with van der Waals surface area (Å²) in [6.07, 6.45) is 3.81. The number of hydrogen-bond acceptors (Lipinski definition) is 7. The van der Waals surface area contributed by atoms with Gasteiger partial charge in [-0.15, -0.1) is 5.06 Å². The van der Waals surface area contributed by atoms with Crippen LogP contribution in [0, 0.1) is 0 Å². The van der Waals surface area contributed by atoms with Crippen molar-refractivity contribution in [3.63, 3.8) is 0 Å². The zero-order chi connectivity index (χ0) is 20.1. The topological polar surface area (TPSA) is 58.1 Å². The maximum Gasteiger partial charge on any atom is 0.322 e. The molecule has 0 aliphatic carbocycles. The number of piperazine rings is 1. The Morgan fingerprint density at radius 2 is 1.76 bits per heavy atom. The molecule has 0 spiro atoms. The average Bonchev–Trinajstić information content (AvgIpc) is 2.75. The molecule has 1 aromatic carbocycles. The number of hydrogen-bond donors (Lipinski definition) is 0. The number of piperidine rings is 1. The van der Waals surface area contributed by atoms with Crippen molar-refractivity contribution in [3.8, 4) is 5.75 Å². The maximum absolute atomic E-state index is 11.1. The lowest BCUT2D eigenvalue weighted by Crippen LogP contribution is -2.46. The van der Waals surface area contributed by atoms with Crippen LogP contribution in [0.25, 0.3) is 0 Å². The fourth-order valence-corrected chi connectivity index (χ4v) is 3.93. The van der Waals surface area contributed by atoms with Crippen molar-refractivity contribution in [2.75, 3.05) is 49.1 Å². The molecule has 2 aromatic rings. The largest absolute Gasteiger partial charge is 0.489 e. The van der Waals surface area contributed by atoms with Crippen LogP contribution in [-0.4, -0.2) is 61.4 Å². The van der Waals surface area contributed by atoms with Crippen LogP contribution < -0.4 is 14.5 Å². The van der Waals surface area contributed by atoms with Gasteiger partial charge < -0.3 is 19.4 Å². The molecule has 2 aliphatic rings. The van der Waals surface area contributed by atoms with Gasteiger partial charge in [0.05, 0.1) is 6.54 Å². The second kappa shape index (κ2) is 9.13. The monoisotopic (exact) mass is 396 g/mol. The Balaban J connectivity index is 1.29. The van der Waals surface area contributed by atoms with Crippen LogP contribution in [0.15, 0.2) is 48.7 Å². The summed E-state index contributed by atoms with van der Waals surface area (Å²) < 4.78 is 6.12. The van der Waals surface area contributed by atoms with Crippen LogP contribution >= 0.6 is 0 Å². The number of benzene rings is 1. The first-order valence-electron chi connectivity index (χ1n) is 10.3. The molecule has 7 nitrogen and oxygen atoms in total. The quantitative estimate of drug-likeness (QED) is 0.770. The van der Waals surface area contributed by atoms with E-state index in [0.29, 0.717) is 6.54 Å². The molecule has 0 N–H and O–H groups in total. The van der Waals surface area contributed by atoms with E-state index in [0.717, 1.165) is 57.1 Å². The van der Waals surface area contributed by atoms with Gasteiger partial charge in [0.25, 0.3) is 0 Å². The predicted molar refractivity (Wildman–Crippen MR) is 112 cm³/mol. The summed E-state index contributed by atoms with van der Waals surface area (Å²) in [5.74, 6) is 1.62. The summed E-state index contributed by atoms with van der Waals surface area (Å²) in [6, 6.07) is 14.4. The van der Waals surface area contributed by atoms with Crippen molar-refractivity contribution in [1.29, 1.82) is 0 Å². The van der Waals surface area contributed by atoms with Crippen molar-refractivity contribution in [2.45, 2.75) is 25.9 Å². The van der Waals surface area contributed by atoms with Crippen molar-refractivity contribution >= 4 is 17.5 Å². The molecule has 2 fully saturated rings. The summed E-state index contributed by atoms with van der Waals surface area (Å²) in [4.78, 5) is 25.5. The van der Waals surface area contributed by atoms with Gasteiger partial charge in [-0.25, -0.2) is 4.98 Å². The van der Waals surface area contributed by atoms with Crippen LogP contribution in [0.4, 0.5) is 11.5 Å². The van der Waals surface area contributed by atoms with Gasteiger partial charge in [-0.05, 0) is 49.2 Å². The molecule has 1 atom stereocenters. The summed E-state index contributed by atoms with van der Waals surface area (Å²) in [5, 5.41) is 1.70. The van der Waals surface area contributed by atoms with E-state index in [1.807, 2.05) is 30.5 Å². The molecule has 0 radical (unpaired) electrons. The number of pyridine rings is 1. The standard InChI is InChI=1S/C22H28N4O3/c1-18(27)29-26-12-4-5-21(17-26)28-20-9-7-19(8-10-20)24-13-15-25(16-14-24)22-6-2-3-11-23-22/h2-3,6-11,21H,4-5,12-17H2,1H3. The molecule has 0 saturated carbocycles. The van der Waals surface area contributed by atoms with Gasteiger partial charge in [0, 0.05) is 51.5 Å². The molecule has 7 heteroatoms. The summed E-state index contributed by atoms with van der Waals surface area (Å²) in [7, 11) is 0. The first-order chi connectivity index (χ1) is 14.2. The van der Waals surface area contributed by atoms with Crippen LogP contribution in [0.2, 0.25) is 0 Å². The number of carbonyl (C=O) groups excluding carboxylic acids is 1. The molecular formula is C22H28N4O3. The van der Waals surface area contributed by atoms with Crippen molar-refractivity contribution < 1.29 is 14.4 Å². The Hall–Kier alpha value is -2.80. The lowest BCUT2D eigenvalue weighted by atomic mass is 10.1. The van der Waals surface area contributed by atoms with Gasteiger partial charge in [0.15, 0.2) is 0 Å². The SMILES string of the molecule is CC(=O)ON1CCCC(Oc2ccc(N3CCN(c4ccccn4)CC3)cc2)C1. The Morgan fingerprint density at radius 3 is 2.45 bits per heavy atom. The van der Waals surface area contributed by atoms with Crippen LogP contribution in [0.1, 0.15) is 19.8 Å². The molecule has 3 heterocycles. The molecule has 1 aromatic heterocycles. The molecule has 0 bridgehead atoms. The molecule has 2 saturated heterocycles. The van der Waals surface area contributed by atoms with Crippen LogP contribution in [0.3, 0.4) is 0 Å². The molecule has 0 amide bonds. The number of rotatable bonds is 5.